The minimum absolute atomic E-state index is 0.877. The zero-order valence-corrected chi connectivity index (χ0v) is 15.5. The second kappa shape index (κ2) is 7.24. The molecule has 2 aromatic rings. The number of para-hydroxylation sites is 1. The normalized spacial score (nSPS) is 16.7. The number of ether oxygens (including phenoxy) is 1. The standard InChI is InChI=1S/C22H25N3O/c1-3-17-10-12-18(13-11-17)25-16-20(19-8-4-5-9-21(19)26-2)24-15-7-6-14-23-22(24)25/h4-5,8-13,16H,3,6-7,14-15H2,1-2H3. The van der Waals surface area contributed by atoms with Gasteiger partial charge in [-0.1, -0.05) is 31.2 Å². The molecule has 0 aliphatic carbocycles. The summed E-state index contributed by atoms with van der Waals surface area (Å²) in [4.78, 5) is 9.44. The van der Waals surface area contributed by atoms with Gasteiger partial charge >= 0.3 is 0 Å². The van der Waals surface area contributed by atoms with Crippen LogP contribution in [0.2, 0.25) is 0 Å². The molecule has 2 aromatic carbocycles. The van der Waals surface area contributed by atoms with Crippen molar-refractivity contribution in [2.24, 2.45) is 4.99 Å². The van der Waals surface area contributed by atoms with E-state index < -0.39 is 0 Å². The largest absolute Gasteiger partial charge is 0.496 e. The third-order valence-corrected chi connectivity index (χ3v) is 5.05. The van der Waals surface area contributed by atoms with Crippen LogP contribution in [0.4, 0.5) is 5.69 Å². The lowest BCUT2D eigenvalue weighted by molar-refractivity contribution is 0.412. The molecular formula is C22H25N3O. The molecule has 0 unspecified atom stereocenters. The maximum atomic E-state index is 5.61. The van der Waals surface area contributed by atoms with Crippen LogP contribution in [0.15, 0.2) is 59.7 Å². The summed E-state index contributed by atoms with van der Waals surface area (Å²) in [5, 5.41) is 0. The summed E-state index contributed by atoms with van der Waals surface area (Å²) >= 11 is 0. The molecule has 4 nitrogen and oxygen atoms in total. The molecule has 0 saturated carbocycles. The molecule has 4 rings (SSSR count). The smallest absolute Gasteiger partial charge is 0.210 e. The van der Waals surface area contributed by atoms with Gasteiger partial charge in [-0.2, -0.15) is 0 Å². The van der Waals surface area contributed by atoms with Crippen molar-refractivity contribution in [3.05, 3.63) is 65.9 Å². The predicted molar refractivity (Wildman–Crippen MR) is 108 cm³/mol. The van der Waals surface area contributed by atoms with E-state index in [1.807, 2.05) is 12.1 Å². The number of hydrogen-bond donors (Lipinski definition) is 0. The summed E-state index contributed by atoms with van der Waals surface area (Å²) in [6, 6.07) is 17.0. The third-order valence-electron chi connectivity index (χ3n) is 5.05. The first-order valence-corrected chi connectivity index (χ1v) is 9.37. The lowest BCUT2D eigenvalue weighted by Gasteiger charge is -2.25. The summed E-state index contributed by atoms with van der Waals surface area (Å²) in [5.41, 5.74) is 4.76. The zero-order valence-electron chi connectivity index (χ0n) is 15.5. The van der Waals surface area contributed by atoms with Crippen LogP contribution < -0.4 is 9.64 Å². The molecule has 0 aromatic heterocycles. The van der Waals surface area contributed by atoms with Crippen molar-refractivity contribution in [3.8, 4) is 5.75 Å². The molecule has 2 aliphatic rings. The second-order valence-electron chi connectivity index (χ2n) is 6.65. The number of nitrogens with zero attached hydrogens (tertiary/aromatic N) is 3. The topological polar surface area (TPSA) is 28.1 Å². The van der Waals surface area contributed by atoms with Crippen LogP contribution in [-0.4, -0.2) is 31.1 Å². The van der Waals surface area contributed by atoms with E-state index in [0.29, 0.717) is 0 Å². The van der Waals surface area contributed by atoms with Crippen molar-refractivity contribution in [2.45, 2.75) is 26.2 Å². The molecule has 0 amide bonds. The van der Waals surface area contributed by atoms with Gasteiger partial charge in [0, 0.05) is 30.5 Å². The number of rotatable bonds is 4. The van der Waals surface area contributed by atoms with E-state index in [4.69, 9.17) is 9.73 Å². The number of hydrogen-bond acceptors (Lipinski definition) is 4. The Labute approximate surface area is 155 Å². The number of fused-ring (bicyclic) bond motifs is 1. The van der Waals surface area contributed by atoms with E-state index in [2.05, 4.69) is 59.3 Å². The fourth-order valence-electron chi connectivity index (χ4n) is 3.58. The molecule has 134 valence electrons. The van der Waals surface area contributed by atoms with Gasteiger partial charge in [0.15, 0.2) is 0 Å². The maximum Gasteiger partial charge on any atom is 0.210 e. The van der Waals surface area contributed by atoms with Crippen molar-refractivity contribution >= 4 is 17.3 Å². The molecule has 0 bridgehead atoms. The molecule has 0 spiro atoms. The van der Waals surface area contributed by atoms with Crippen molar-refractivity contribution < 1.29 is 4.74 Å². The van der Waals surface area contributed by atoms with Crippen molar-refractivity contribution in [3.63, 3.8) is 0 Å². The molecule has 26 heavy (non-hydrogen) atoms. The number of aryl methyl sites for hydroxylation is 1. The van der Waals surface area contributed by atoms with Gasteiger partial charge in [0.25, 0.3) is 0 Å². The van der Waals surface area contributed by atoms with Crippen molar-refractivity contribution in [1.29, 1.82) is 0 Å². The Morgan fingerprint density at radius 1 is 1.04 bits per heavy atom. The van der Waals surface area contributed by atoms with Gasteiger partial charge in [0.2, 0.25) is 5.96 Å². The Balaban J connectivity index is 1.79. The van der Waals surface area contributed by atoms with E-state index in [0.717, 1.165) is 61.0 Å². The van der Waals surface area contributed by atoms with Crippen LogP contribution in [0, 0.1) is 0 Å². The highest BCUT2D eigenvalue weighted by atomic mass is 16.5. The summed E-state index contributed by atoms with van der Waals surface area (Å²) in [7, 11) is 1.73. The third kappa shape index (κ3) is 2.96. The lowest BCUT2D eigenvalue weighted by atomic mass is 10.1. The Hall–Kier alpha value is -2.75. The Bertz CT molecular complexity index is 839. The van der Waals surface area contributed by atoms with Crippen LogP contribution in [0.3, 0.4) is 0 Å². The average molecular weight is 347 g/mol. The minimum Gasteiger partial charge on any atom is -0.496 e. The number of methoxy groups -OCH3 is 1. The van der Waals surface area contributed by atoms with Gasteiger partial charge in [-0.3, -0.25) is 9.89 Å². The Morgan fingerprint density at radius 3 is 2.62 bits per heavy atom. The van der Waals surface area contributed by atoms with Crippen LogP contribution in [0.1, 0.15) is 30.9 Å². The van der Waals surface area contributed by atoms with E-state index in [9.17, 15) is 0 Å². The maximum absolute atomic E-state index is 5.61. The molecule has 0 atom stereocenters. The van der Waals surface area contributed by atoms with E-state index in [1.54, 1.807) is 7.11 Å². The summed E-state index contributed by atoms with van der Waals surface area (Å²) in [6.45, 7) is 4.04. The summed E-state index contributed by atoms with van der Waals surface area (Å²) in [5.74, 6) is 1.91. The summed E-state index contributed by atoms with van der Waals surface area (Å²) in [6.07, 6.45) is 5.52. The number of guanidine groups is 1. The molecule has 2 aliphatic heterocycles. The first-order valence-electron chi connectivity index (χ1n) is 9.37. The van der Waals surface area contributed by atoms with Crippen LogP contribution in [-0.2, 0) is 6.42 Å². The number of anilines is 1. The predicted octanol–water partition coefficient (Wildman–Crippen LogP) is 4.53. The van der Waals surface area contributed by atoms with Crippen LogP contribution in [0.5, 0.6) is 5.75 Å². The molecule has 0 fully saturated rings. The van der Waals surface area contributed by atoms with Gasteiger partial charge in [-0.25, -0.2) is 0 Å². The Morgan fingerprint density at radius 2 is 1.85 bits per heavy atom. The van der Waals surface area contributed by atoms with Crippen LogP contribution >= 0.6 is 0 Å². The monoisotopic (exact) mass is 347 g/mol. The van der Waals surface area contributed by atoms with Gasteiger partial charge < -0.3 is 9.64 Å². The second-order valence-corrected chi connectivity index (χ2v) is 6.65. The van der Waals surface area contributed by atoms with Gasteiger partial charge in [-0.15, -0.1) is 0 Å². The zero-order chi connectivity index (χ0) is 17.9. The molecular weight excluding hydrogens is 322 g/mol. The lowest BCUT2D eigenvalue weighted by Crippen LogP contribution is -2.34. The van der Waals surface area contributed by atoms with Crippen molar-refractivity contribution in [1.82, 2.24) is 4.90 Å². The molecule has 2 heterocycles. The quantitative estimate of drug-likeness (QED) is 0.813. The molecule has 0 N–H and O–H groups in total. The van der Waals surface area contributed by atoms with Crippen molar-refractivity contribution in [2.75, 3.05) is 25.1 Å². The molecule has 4 heteroatoms. The van der Waals surface area contributed by atoms with E-state index >= 15 is 0 Å². The fraction of sp³-hybridized carbons (Fsp3) is 0.318. The minimum atomic E-state index is 0.877. The first kappa shape index (κ1) is 16.7. The Kier molecular flexibility index (Phi) is 4.65. The molecule has 0 saturated heterocycles. The van der Waals surface area contributed by atoms with E-state index in [1.165, 1.54) is 5.56 Å². The van der Waals surface area contributed by atoms with E-state index in [-0.39, 0.29) is 0 Å². The highest BCUT2D eigenvalue weighted by molar-refractivity contribution is 6.08. The molecule has 0 radical (unpaired) electrons. The van der Waals surface area contributed by atoms with Gasteiger partial charge in [0.05, 0.1) is 12.8 Å². The summed E-state index contributed by atoms with van der Waals surface area (Å²) < 4.78 is 5.61. The van der Waals surface area contributed by atoms with Gasteiger partial charge in [-0.05, 0) is 49.1 Å². The average Bonchev–Trinajstić information content (AvgIpc) is 2.88. The number of aliphatic imine (C=N–C) groups is 1. The first-order chi connectivity index (χ1) is 12.8. The highest BCUT2D eigenvalue weighted by Crippen LogP contribution is 2.36. The fourth-order valence-corrected chi connectivity index (χ4v) is 3.58. The van der Waals surface area contributed by atoms with Gasteiger partial charge in [0.1, 0.15) is 5.75 Å². The van der Waals surface area contributed by atoms with Crippen LogP contribution in [0.25, 0.3) is 5.70 Å². The SMILES string of the molecule is CCc1ccc(N2C=C(c3ccccc3OC)N3CCCCN=C32)cc1. The highest BCUT2D eigenvalue weighted by Gasteiger charge is 2.32. The number of benzene rings is 2.